The summed E-state index contributed by atoms with van der Waals surface area (Å²) in [4.78, 5) is 11.9. The monoisotopic (exact) mass is 365 g/mol. The van der Waals surface area contributed by atoms with Crippen molar-refractivity contribution in [2.45, 2.75) is 6.54 Å². The smallest absolute Gasteiger partial charge is 0.137 e. The molecular formula is C23H19N5. The van der Waals surface area contributed by atoms with Crippen LogP contribution in [0, 0.1) is 0 Å². The third-order valence-corrected chi connectivity index (χ3v) is 4.80. The topological polar surface area (TPSA) is 58.5 Å². The van der Waals surface area contributed by atoms with Crippen molar-refractivity contribution in [3.63, 3.8) is 0 Å². The Bertz CT molecular complexity index is 1200. The minimum absolute atomic E-state index is 0.757. The lowest BCUT2D eigenvalue weighted by molar-refractivity contribution is 1.08. The van der Waals surface area contributed by atoms with Crippen molar-refractivity contribution < 1.29 is 0 Å². The third-order valence-electron chi connectivity index (χ3n) is 4.80. The maximum atomic E-state index is 4.48. The fourth-order valence-corrected chi connectivity index (χ4v) is 3.34. The first-order valence-corrected chi connectivity index (χ1v) is 9.22. The van der Waals surface area contributed by atoms with Crippen molar-refractivity contribution in [3.05, 3.63) is 97.1 Å². The van der Waals surface area contributed by atoms with E-state index in [1.165, 1.54) is 5.56 Å². The molecule has 136 valence electrons. The molecule has 0 amide bonds. The number of benzene rings is 3. The third kappa shape index (κ3) is 3.14. The first-order chi connectivity index (χ1) is 13.9. The summed E-state index contributed by atoms with van der Waals surface area (Å²) in [6.45, 7) is 0.757. The predicted octanol–water partition coefficient (Wildman–Crippen LogP) is 5.03. The molecule has 0 fully saturated rings. The molecule has 2 heterocycles. The van der Waals surface area contributed by atoms with Crippen molar-refractivity contribution in [2.24, 2.45) is 0 Å². The average Bonchev–Trinajstić information content (AvgIpc) is 3.43. The molecule has 2 aromatic heterocycles. The zero-order valence-corrected chi connectivity index (χ0v) is 15.2. The number of fused-ring (bicyclic) bond motifs is 1. The standard InChI is InChI=1S/C23H19N5/c1-2-7-22-21(6-1)27-16-28(22)20-5-3-4-19(14-20)26-15-17-8-10-18(11-9-17)23-24-12-13-25-23/h1-14,16,26H,15H2,(H,24,25). The number of hydrogen-bond acceptors (Lipinski definition) is 3. The number of anilines is 1. The Morgan fingerprint density at radius 1 is 0.893 bits per heavy atom. The Morgan fingerprint density at radius 2 is 1.79 bits per heavy atom. The van der Waals surface area contributed by atoms with E-state index in [9.17, 15) is 0 Å². The molecule has 0 bridgehead atoms. The number of H-pyrrole nitrogens is 1. The molecular weight excluding hydrogens is 346 g/mol. The molecule has 0 radical (unpaired) electrons. The number of rotatable bonds is 5. The van der Waals surface area contributed by atoms with Crippen LogP contribution in [0.1, 0.15) is 5.56 Å². The average molecular weight is 365 g/mol. The summed E-state index contributed by atoms with van der Waals surface area (Å²) < 4.78 is 2.11. The number of imidazole rings is 2. The zero-order chi connectivity index (χ0) is 18.8. The molecule has 0 saturated heterocycles. The molecule has 0 aliphatic heterocycles. The van der Waals surface area contributed by atoms with Gasteiger partial charge in [0.05, 0.1) is 11.0 Å². The maximum Gasteiger partial charge on any atom is 0.137 e. The summed E-state index contributed by atoms with van der Waals surface area (Å²) >= 11 is 0. The van der Waals surface area contributed by atoms with Gasteiger partial charge in [-0.05, 0) is 35.9 Å². The van der Waals surface area contributed by atoms with Crippen LogP contribution >= 0.6 is 0 Å². The van der Waals surface area contributed by atoms with Gasteiger partial charge in [-0.15, -0.1) is 0 Å². The van der Waals surface area contributed by atoms with Crippen LogP contribution in [0.5, 0.6) is 0 Å². The highest BCUT2D eigenvalue weighted by atomic mass is 15.0. The number of para-hydroxylation sites is 2. The maximum absolute atomic E-state index is 4.48. The second-order valence-electron chi connectivity index (χ2n) is 6.64. The van der Waals surface area contributed by atoms with Crippen molar-refractivity contribution >= 4 is 16.7 Å². The largest absolute Gasteiger partial charge is 0.381 e. The van der Waals surface area contributed by atoms with Gasteiger partial charge in [0.25, 0.3) is 0 Å². The van der Waals surface area contributed by atoms with Gasteiger partial charge in [0.1, 0.15) is 12.2 Å². The summed E-state index contributed by atoms with van der Waals surface area (Å²) in [7, 11) is 0. The molecule has 0 aliphatic rings. The molecule has 5 nitrogen and oxygen atoms in total. The molecule has 28 heavy (non-hydrogen) atoms. The van der Waals surface area contributed by atoms with Crippen LogP contribution in [0.15, 0.2) is 91.5 Å². The van der Waals surface area contributed by atoms with Crippen LogP contribution < -0.4 is 5.32 Å². The van der Waals surface area contributed by atoms with E-state index < -0.39 is 0 Å². The van der Waals surface area contributed by atoms with Crippen molar-refractivity contribution in [1.82, 2.24) is 19.5 Å². The van der Waals surface area contributed by atoms with Gasteiger partial charge in [-0.3, -0.25) is 4.57 Å². The molecule has 3 aromatic carbocycles. The molecule has 0 atom stereocenters. The first kappa shape index (κ1) is 16.3. The Hall–Kier alpha value is -3.86. The minimum Gasteiger partial charge on any atom is -0.381 e. The molecule has 0 spiro atoms. The van der Waals surface area contributed by atoms with Crippen LogP contribution in [0.4, 0.5) is 5.69 Å². The molecule has 0 unspecified atom stereocenters. The Labute approximate surface area is 162 Å². The van der Waals surface area contributed by atoms with Gasteiger partial charge < -0.3 is 10.3 Å². The SMILES string of the molecule is c1cc(NCc2ccc(-c3ncc[nH]3)cc2)cc(-n2cnc3ccccc32)c1. The highest BCUT2D eigenvalue weighted by Crippen LogP contribution is 2.21. The van der Waals surface area contributed by atoms with Gasteiger partial charge in [-0.2, -0.15) is 0 Å². The number of aromatic amines is 1. The molecule has 5 heteroatoms. The fourth-order valence-electron chi connectivity index (χ4n) is 3.34. The lowest BCUT2D eigenvalue weighted by Gasteiger charge is -2.10. The summed E-state index contributed by atoms with van der Waals surface area (Å²) in [5, 5.41) is 3.51. The van der Waals surface area contributed by atoms with Gasteiger partial charge >= 0.3 is 0 Å². The highest BCUT2D eigenvalue weighted by molar-refractivity contribution is 5.77. The highest BCUT2D eigenvalue weighted by Gasteiger charge is 2.05. The van der Waals surface area contributed by atoms with E-state index in [1.807, 2.05) is 30.7 Å². The Balaban J connectivity index is 1.33. The van der Waals surface area contributed by atoms with Crippen LogP contribution in [-0.2, 0) is 6.54 Å². The summed E-state index contributed by atoms with van der Waals surface area (Å²) in [5.41, 5.74) is 6.57. The predicted molar refractivity (Wildman–Crippen MR) is 112 cm³/mol. The number of hydrogen-bond donors (Lipinski definition) is 2. The number of nitrogens with one attached hydrogen (secondary N) is 2. The molecule has 5 aromatic rings. The van der Waals surface area contributed by atoms with Gasteiger partial charge in [-0.25, -0.2) is 9.97 Å². The van der Waals surface area contributed by atoms with Gasteiger partial charge in [0.2, 0.25) is 0 Å². The van der Waals surface area contributed by atoms with E-state index in [0.29, 0.717) is 0 Å². The van der Waals surface area contributed by atoms with E-state index in [1.54, 1.807) is 6.20 Å². The summed E-state index contributed by atoms with van der Waals surface area (Å²) in [5.74, 6) is 0.889. The van der Waals surface area contributed by atoms with Crippen molar-refractivity contribution in [3.8, 4) is 17.1 Å². The zero-order valence-electron chi connectivity index (χ0n) is 15.2. The van der Waals surface area contributed by atoms with E-state index in [-0.39, 0.29) is 0 Å². The van der Waals surface area contributed by atoms with Crippen molar-refractivity contribution in [2.75, 3.05) is 5.32 Å². The lowest BCUT2D eigenvalue weighted by Crippen LogP contribution is -2.00. The summed E-state index contributed by atoms with van der Waals surface area (Å²) in [6, 6.07) is 25.0. The van der Waals surface area contributed by atoms with Crippen LogP contribution in [0.3, 0.4) is 0 Å². The molecule has 0 saturated carbocycles. The first-order valence-electron chi connectivity index (χ1n) is 9.22. The Kier molecular flexibility index (Phi) is 4.10. The normalized spacial score (nSPS) is 11.0. The van der Waals surface area contributed by atoms with E-state index in [2.05, 4.69) is 79.4 Å². The van der Waals surface area contributed by atoms with E-state index in [0.717, 1.165) is 40.3 Å². The minimum atomic E-state index is 0.757. The van der Waals surface area contributed by atoms with Gasteiger partial charge in [0, 0.05) is 35.9 Å². The number of aromatic nitrogens is 4. The van der Waals surface area contributed by atoms with Crippen LogP contribution in [0.25, 0.3) is 28.1 Å². The van der Waals surface area contributed by atoms with Gasteiger partial charge in [0.15, 0.2) is 0 Å². The molecule has 5 rings (SSSR count). The second kappa shape index (κ2) is 7.04. The van der Waals surface area contributed by atoms with Crippen molar-refractivity contribution in [1.29, 1.82) is 0 Å². The second-order valence-corrected chi connectivity index (χ2v) is 6.64. The quantitative estimate of drug-likeness (QED) is 0.459. The van der Waals surface area contributed by atoms with Crippen LogP contribution in [0.2, 0.25) is 0 Å². The Morgan fingerprint density at radius 3 is 2.64 bits per heavy atom. The van der Waals surface area contributed by atoms with E-state index in [4.69, 9.17) is 0 Å². The fraction of sp³-hybridized carbons (Fsp3) is 0.0435. The number of nitrogens with zero attached hydrogens (tertiary/aromatic N) is 3. The lowest BCUT2D eigenvalue weighted by atomic mass is 10.1. The molecule has 2 N–H and O–H groups in total. The molecule has 0 aliphatic carbocycles. The van der Waals surface area contributed by atoms with E-state index >= 15 is 0 Å². The summed E-state index contributed by atoms with van der Waals surface area (Å²) in [6.07, 6.45) is 5.47. The van der Waals surface area contributed by atoms with Gasteiger partial charge in [-0.1, -0.05) is 42.5 Å². The van der Waals surface area contributed by atoms with Crippen LogP contribution in [-0.4, -0.2) is 19.5 Å².